The fourth-order valence-corrected chi connectivity index (χ4v) is 2.58. The van der Waals surface area contributed by atoms with Crippen molar-refractivity contribution >= 4 is 11.9 Å². The van der Waals surface area contributed by atoms with Crippen LogP contribution in [-0.2, 0) is 4.79 Å². The molecule has 0 aromatic carbocycles. The van der Waals surface area contributed by atoms with Crippen LogP contribution in [0.15, 0.2) is 16.5 Å². The molecule has 1 aliphatic rings. The SMILES string of the molecule is Cc1ccc([C@H](C)NC(=O)NCCN2CCCCCC2=O)o1. The minimum Gasteiger partial charge on any atom is -0.464 e. The third-order valence-corrected chi connectivity index (χ3v) is 3.87. The van der Waals surface area contributed by atoms with Gasteiger partial charge in [-0.25, -0.2) is 4.79 Å². The first-order valence-corrected chi connectivity index (χ1v) is 7.95. The highest BCUT2D eigenvalue weighted by Crippen LogP contribution is 2.15. The zero-order valence-corrected chi connectivity index (χ0v) is 13.4. The van der Waals surface area contributed by atoms with Gasteiger partial charge in [0.05, 0.1) is 6.04 Å². The Kier molecular flexibility index (Phi) is 5.86. The number of aryl methyl sites for hydroxylation is 1. The number of likely N-dealkylation sites (tertiary alicyclic amines) is 1. The number of furan rings is 1. The minimum atomic E-state index is -0.246. The zero-order valence-electron chi connectivity index (χ0n) is 13.4. The Morgan fingerprint density at radius 3 is 2.91 bits per heavy atom. The van der Waals surface area contributed by atoms with Gasteiger partial charge in [-0.05, 0) is 38.8 Å². The molecule has 0 saturated carbocycles. The Morgan fingerprint density at radius 1 is 1.36 bits per heavy atom. The van der Waals surface area contributed by atoms with Crippen LogP contribution < -0.4 is 10.6 Å². The van der Waals surface area contributed by atoms with Gasteiger partial charge in [-0.15, -0.1) is 0 Å². The maximum absolute atomic E-state index is 11.9. The van der Waals surface area contributed by atoms with Crippen molar-refractivity contribution in [3.05, 3.63) is 23.7 Å². The Hall–Kier alpha value is -1.98. The number of hydrogen-bond acceptors (Lipinski definition) is 3. The van der Waals surface area contributed by atoms with Crippen LogP contribution in [0.4, 0.5) is 4.79 Å². The van der Waals surface area contributed by atoms with E-state index in [4.69, 9.17) is 4.42 Å². The van der Waals surface area contributed by atoms with Gasteiger partial charge in [0.15, 0.2) is 0 Å². The van der Waals surface area contributed by atoms with E-state index in [0.717, 1.165) is 37.3 Å². The van der Waals surface area contributed by atoms with Crippen LogP contribution >= 0.6 is 0 Å². The van der Waals surface area contributed by atoms with Crippen LogP contribution in [0, 0.1) is 6.92 Å². The number of rotatable bonds is 5. The molecule has 0 spiro atoms. The molecule has 1 saturated heterocycles. The van der Waals surface area contributed by atoms with Crippen LogP contribution in [0.2, 0.25) is 0 Å². The number of amides is 3. The van der Waals surface area contributed by atoms with Gasteiger partial charge >= 0.3 is 6.03 Å². The van der Waals surface area contributed by atoms with Crippen molar-refractivity contribution in [2.45, 2.75) is 45.6 Å². The van der Waals surface area contributed by atoms with E-state index in [1.165, 1.54) is 0 Å². The van der Waals surface area contributed by atoms with Gasteiger partial charge in [-0.3, -0.25) is 4.79 Å². The van der Waals surface area contributed by atoms with Crippen LogP contribution in [-0.4, -0.2) is 36.5 Å². The van der Waals surface area contributed by atoms with Gasteiger partial charge in [0.25, 0.3) is 0 Å². The predicted molar refractivity (Wildman–Crippen MR) is 83.4 cm³/mol. The average Bonchev–Trinajstić information content (AvgIpc) is 2.81. The first-order valence-electron chi connectivity index (χ1n) is 7.95. The molecule has 2 rings (SSSR count). The fourth-order valence-electron chi connectivity index (χ4n) is 2.58. The summed E-state index contributed by atoms with van der Waals surface area (Å²) in [6.45, 7) is 5.57. The van der Waals surface area contributed by atoms with Crippen molar-refractivity contribution in [3.63, 3.8) is 0 Å². The van der Waals surface area contributed by atoms with E-state index in [-0.39, 0.29) is 18.0 Å². The van der Waals surface area contributed by atoms with E-state index in [1.54, 1.807) is 0 Å². The molecule has 0 radical (unpaired) electrons. The van der Waals surface area contributed by atoms with Crippen LogP contribution in [0.1, 0.15) is 50.2 Å². The largest absolute Gasteiger partial charge is 0.464 e. The summed E-state index contributed by atoms with van der Waals surface area (Å²) in [5.41, 5.74) is 0. The monoisotopic (exact) mass is 307 g/mol. The number of nitrogens with zero attached hydrogens (tertiary/aromatic N) is 1. The summed E-state index contributed by atoms with van der Waals surface area (Å²) in [5, 5.41) is 5.62. The first-order chi connectivity index (χ1) is 10.6. The van der Waals surface area contributed by atoms with Crippen molar-refractivity contribution in [2.75, 3.05) is 19.6 Å². The molecule has 1 atom stereocenters. The molecule has 6 nitrogen and oxygen atoms in total. The second-order valence-electron chi connectivity index (χ2n) is 5.76. The van der Waals surface area contributed by atoms with Crippen molar-refractivity contribution in [1.29, 1.82) is 0 Å². The quantitative estimate of drug-likeness (QED) is 0.877. The third kappa shape index (κ3) is 4.79. The maximum atomic E-state index is 11.9. The fraction of sp³-hybridized carbons (Fsp3) is 0.625. The molecule has 1 aliphatic heterocycles. The van der Waals surface area contributed by atoms with Crippen LogP contribution in [0.3, 0.4) is 0 Å². The lowest BCUT2D eigenvalue weighted by Crippen LogP contribution is -2.42. The Morgan fingerprint density at radius 2 is 2.18 bits per heavy atom. The van der Waals surface area contributed by atoms with E-state index in [1.807, 2.05) is 30.9 Å². The summed E-state index contributed by atoms with van der Waals surface area (Å²) >= 11 is 0. The van der Waals surface area contributed by atoms with Gasteiger partial charge in [-0.1, -0.05) is 6.42 Å². The van der Waals surface area contributed by atoms with Crippen LogP contribution in [0.5, 0.6) is 0 Å². The summed E-state index contributed by atoms with van der Waals surface area (Å²) < 4.78 is 5.48. The number of carbonyl (C=O) groups is 2. The molecule has 1 aromatic heterocycles. The van der Waals surface area contributed by atoms with E-state index in [0.29, 0.717) is 19.5 Å². The van der Waals surface area contributed by atoms with E-state index < -0.39 is 0 Å². The Balaban J connectivity index is 1.70. The molecule has 1 aromatic rings. The van der Waals surface area contributed by atoms with Crippen molar-refractivity contribution in [3.8, 4) is 0 Å². The summed E-state index contributed by atoms with van der Waals surface area (Å²) in [4.78, 5) is 25.5. The topological polar surface area (TPSA) is 74.6 Å². The highest BCUT2D eigenvalue weighted by atomic mass is 16.3. The molecule has 3 amide bonds. The normalized spacial score (nSPS) is 17.0. The lowest BCUT2D eigenvalue weighted by atomic mass is 10.2. The number of urea groups is 1. The van der Waals surface area contributed by atoms with Crippen LogP contribution in [0.25, 0.3) is 0 Å². The molecule has 0 aliphatic carbocycles. The Labute approximate surface area is 131 Å². The van der Waals surface area contributed by atoms with Gasteiger partial charge in [0.2, 0.25) is 5.91 Å². The lowest BCUT2D eigenvalue weighted by Gasteiger charge is -2.21. The molecule has 1 fully saturated rings. The molecular formula is C16H25N3O3. The molecular weight excluding hydrogens is 282 g/mol. The van der Waals surface area contributed by atoms with E-state index >= 15 is 0 Å². The second kappa shape index (κ2) is 7.87. The highest BCUT2D eigenvalue weighted by molar-refractivity contribution is 5.77. The zero-order chi connectivity index (χ0) is 15.9. The van der Waals surface area contributed by atoms with Gasteiger partial charge in [-0.2, -0.15) is 0 Å². The molecule has 22 heavy (non-hydrogen) atoms. The summed E-state index contributed by atoms with van der Waals surface area (Å²) in [5.74, 6) is 1.75. The molecule has 0 unspecified atom stereocenters. The van der Waals surface area contributed by atoms with E-state index in [9.17, 15) is 9.59 Å². The first kappa shape index (κ1) is 16.4. The molecule has 6 heteroatoms. The number of carbonyl (C=O) groups excluding carboxylic acids is 2. The number of nitrogens with one attached hydrogen (secondary N) is 2. The molecule has 122 valence electrons. The summed E-state index contributed by atoms with van der Waals surface area (Å²) in [7, 11) is 0. The smallest absolute Gasteiger partial charge is 0.315 e. The van der Waals surface area contributed by atoms with Gasteiger partial charge in [0, 0.05) is 26.1 Å². The minimum absolute atomic E-state index is 0.187. The molecule has 2 N–H and O–H groups in total. The highest BCUT2D eigenvalue weighted by Gasteiger charge is 2.17. The molecule has 2 heterocycles. The predicted octanol–water partition coefficient (Wildman–Crippen LogP) is 2.35. The standard InChI is InChI=1S/C16H25N3O3/c1-12-7-8-14(22-12)13(2)18-16(21)17-9-11-19-10-5-3-4-6-15(19)20/h7-8,13H,3-6,9-11H2,1-2H3,(H2,17,18,21)/t13-/m0/s1. The maximum Gasteiger partial charge on any atom is 0.315 e. The average molecular weight is 307 g/mol. The third-order valence-electron chi connectivity index (χ3n) is 3.87. The van der Waals surface area contributed by atoms with E-state index in [2.05, 4.69) is 10.6 Å². The summed E-state index contributed by atoms with van der Waals surface area (Å²) in [6, 6.07) is 3.30. The van der Waals surface area contributed by atoms with Crippen molar-refractivity contribution < 1.29 is 14.0 Å². The second-order valence-corrected chi connectivity index (χ2v) is 5.76. The van der Waals surface area contributed by atoms with Crippen molar-refractivity contribution in [1.82, 2.24) is 15.5 Å². The molecule has 0 bridgehead atoms. The number of hydrogen-bond donors (Lipinski definition) is 2. The van der Waals surface area contributed by atoms with Gasteiger partial charge < -0.3 is 20.0 Å². The summed E-state index contributed by atoms with van der Waals surface area (Å²) in [6.07, 6.45) is 3.76. The van der Waals surface area contributed by atoms with Gasteiger partial charge in [0.1, 0.15) is 11.5 Å². The lowest BCUT2D eigenvalue weighted by molar-refractivity contribution is -0.130. The van der Waals surface area contributed by atoms with Crippen molar-refractivity contribution in [2.24, 2.45) is 0 Å². The Bertz CT molecular complexity index is 512.